The summed E-state index contributed by atoms with van der Waals surface area (Å²) in [7, 11) is 0. The van der Waals surface area contributed by atoms with Crippen LogP contribution in [0.1, 0.15) is 125 Å². The SMILES string of the molecule is C1=CCC(C2(C3CC=CCC3)c3cc4ccccc4cc3C3CCC(C4=CC(C5C=CC=C(N6C7C=CCCC7C7CCCCC76)C5)CC(c5ccccc5)N4)CC32)C=C1. The molecule has 60 heavy (non-hydrogen) atoms. The molecule has 308 valence electrons. The zero-order valence-corrected chi connectivity index (χ0v) is 35.8. The van der Waals surface area contributed by atoms with Crippen LogP contribution < -0.4 is 5.32 Å². The molecule has 1 saturated heterocycles. The van der Waals surface area contributed by atoms with Gasteiger partial charge in [0.2, 0.25) is 0 Å². The number of benzene rings is 3. The lowest BCUT2D eigenvalue weighted by atomic mass is 9.51. The van der Waals surface area contributed by atoms with Crippen molar-refractivity contribution in [3.63, 3.8) is 0 Å². The molecule has 3 fully saturated rings. The van der Waals surface area contributed by atoms with E-state index in [2.05, 4.69) is 150 Å². The first-order valence-corrected chi connectivity index (χ1v) is 24.6. The molecular weight excluding hydrogens is 725 g/mol. The van der Waals surface area contributed by atoms with Gasteiger partial charge in [-0.3, -0.25) is 0 Å². The first kappa shape index (κ1) is 37.5. The Labute approximate surface area is 360 Å². The van der Waals surface area contributed by atoms with Crippen LogP contribution in [0, 0.1) is 47.3 Å². The normalized spacial score (nSPS) is 39.0. The van der Waals surface area contributed by atoms with Crippen molar-refractivity contribution < 1.29 is 0 Å². The molecule has 2 heterocycles. The molecule has 12 rings (SSSR count). The molecule has 0 amide bonds. The molecule has 0 aromatic heterocycles. The summed E-state index contributed by atoms with van der Waals surface area (Å²) in [5.74, 6) is 5.83. The number of allylic oxidation sites excluding steroid dienone is 13. The van der Waals surface area contributed by atoms with Crippen molar-refractivity contribution in [2.45, 2.75) is 126 Å². The van der Waals surface area contributed by atoms with E-state index in [0.717, 1.165) is 24.3 Å². The molecule has 3 aromatic carbocycles. The zero-order valence-electron chi connectivity index (χ0n) is 35.8. The van der Waals surface area contributed by atoms with Gasteiger partial charge in [-0.1, -0.05) is 146 Å². The number of nitrogens with zero attached hydrogens (tertiary/aromatic N) is 1. The van der Waals surface area contributed by atoms with Gasteiger partial charge in [0.1, 0.15) is 0 Å². The number of rotatable bonds is 6. The van der Waals surface area contributed by atoms with Crippen molar-refractivity contribution in [2.75, 3.05) is 0 Å². The summed E-state index contributed by atoms with van der Waals surface area (Å²) in [5.41, 5.74) is 8.23. The molecule has 13 atom stereocenters. The van der Waals surface area contributed by atoms with Crippen LogP contribution in [-0.2, 0) is 5.41 Å². The van der Waals surface area contributed by atoms with Crippen molar-refractivity contribution >= 4 is 10.8 Å². The van der Waals surface area contributed by atoms with Crippen LogP contribution in [0.4, 0.5) is 0 Å². The Balaban J connectivity index is 0.906. The van der Waals surface area contributed by atoms with Crippen LogP contribution in [0.2, 0.25) is 0 Å². The fraction of sp³-hybridized carbons (Fsp3) is 0.483. The Morgan fingerprint density at radius 1 is 0.667 bits per heavy atom. The predicted molar refractivity (Wildman–Crippen MR) is 249 cm³/mol. The third-order valence-corrected chi connectivity index (χ3v) is 18.1. The smallest absolute Gasteiger partial charge is 0.0516 e. The largest absolute Gasteiger partial charge is 0.382 e. The Morgan fingerprint density at radius 2 is 1.53 bits per heavy atom. The van der Waals surface area contributed by atoms with Gasteiger partial charge in [0.25, 0.3) is 0 Å². The van der Waals surface area contributed by atoms with Crippen LogP contribution in [0.3, 0.4) is 0 Å². The second-order valence-corrected chi connectivity index (χ2v) is 20.7. The molecule has 0 bridgehead atoms. The maximum atomic E-state index is 4.33. The summed E-state index contributed by atoms with van der Waals surface area (Å²) in [5, 5.41) is 7.19. The Kier molecular flexibility index (Phi) is 9.71. The minimum atomic E-state index is 0.145. The Hall–Kier alpha value is -4.30. The first-order chi connectivity index (χ1) is 29.7. The van der Waals surface area contributed by atoms with E-state index >= 15 is 0 Å². The lowest BCUT2D eigenvalue weighted by molar-refractivity contribution is 0.0683. The summed E-state index contributed by atoms with van der Waals surface area (Å²) in [6, 6.07) is 27.8. The molecule has 3 aromatic rings. The van der Waals surface area contributed by atoms with E-state index in [-0.39, 0.29) is 5.41 Å². The summed E-state index contributed by atoms with van der Waals surface area (Å²) >= 11 is 0. The number of nitrogens with one attached hydrogen (secondary N) is 1. The van der Waals surface area contributed by atoms with Crippen molar-refractivity contribution in [3.05, 3.63) is 168 Å². The number of fused-ring (bicyclic) bond motifs is 7. The van der Waals surface area contributed by atoms with Crippen molar-refractivity contribution in [1.29, 1.82) is 0 Å². The summed E-state index contributed by atoms with van der Waals surface area (Å²) < 4.78 is 0. The highest BCUT2D eigenvalue weighted by molar-refractivity contribution is 5.85. The van der Waals surface area contributed by atoms with Gasteiger partial charge >= 0.3 is 0 Å². The summed E-state index contributed by atoms with van der Waals surface area (Å²) in [6.45, 7) is 0. The van der Waals surface area contributed by atoms with Crippen LogP contribution >= 0.6 is 0 Å². The minimum Gasteiger partial charge on any atom is -0.382 e. The average Bonchev–Trinajstić information content (AvgIpc) is 3.81. The van der Waals surface area contributed by atoms with Crippen molar-refractivity contribution in [1.82, 2.24) is 10.2 Å². The lowest BCUT2D eigenvalue weighted by Crippen LogP contribution is -2.49. The third-order valence-electron chi connectivity index (χ3n) is 18.1. The molecule has 2 aliphatic heterocycles. The molecule has 7 aliphatic carbocycles. The van der Waals surface area contributed by atoms with E-state index in [1.165, 1.54) is 106 Å². The third kappa shape index (κ3) is 6.15. The minimum absolute atomic E-state index is 0.145. The van der Waals surface area contributed by atoms with Crippen LogP contribution in [0.5, 0.6) is 0 Å². The van der Waals surface area contributed by atoms with Gasteiger partial charge in [-0.25, -0.2) is 0 Å². The molecular formula is C58H66N2. The van der Waals surface area contributed by atoms with Crippen LogP contribution in [-0.4, -0.2) is 17.0 Å². The maximum Gasteiger partial charge on any atom is 0.0516 e. The fourth-order valence-corrected chi connectivity index (χ4v) is 15.7. The summed E-state index contributed by atoms with van der Waals surface area (Å²) in [4.78, 5) is 2.98. The van der Waals surface area contributed by atoms with Gasteiger partial charge in [0, 0.05) is 22.9 Å². The molecule has 13 unspecified atom stereocenters. The number of hydrogen-bond donors (Lipinski definition) is 1. The van der Waals surface area contributed by atoms with Gasteiger partial charge in [-0.15, -0.1) is 0 Å². The topological polar surface area (TPSA) is 15.3 Å². The molecule has 0 radical (unpaired) electrons. The number of hydrogen-bond acceptors (Lipinski definition) is 2. The van der Waals surface area contributed by atoms with E-state index in [4.69, 9.17) is 0 Å². The van der Waals surface area contributed by atoms with Crippen molar-refractivity contribution in [3.8, 4) is 0 Å². The Bertz CT molecular complexity index is 2300. The molecule has 2 nitrogen and oxygen atoms in total. The quantitative estimate of drug-likeness (QED) is 0.250. The standard InChI is InChI=1S/C58H66N2/c1-4-17-39(18-5-1)54-37-44(40-21-16-26-47(33-40)60-56-29-14-12-27-49(56)50-28-13-15-30-57(50)60)38-55(59-54)43-31-32-48-51-34-41-19-10-11-20-42(41)35-53(51)58(52(48)36-43,45-22-6-2-7-23-45)46-24-8-3-9-25-46/h1-8,10-11,14,16-22,26,29,34-35,38,40,43-46,48-50,52,54,56-57,59H,9,12-13,15,23-25,27-28,30-33,36-37H2. The zero-order chi connectivity index (χ0) is 39.6. The van der Waals surface area contributed by atoms with Gasteiger partial charge in [-0.2, -0.15) is 0 Å². The van der Waals surface area contributed by atoms with E-state index < -0.39 is 0 Å². The van der Waals surface area contributed by atoms with Gasteiger partial charge in [-0.05, 0) is 170 Å². The fourth-order valence-electron chi connectivity index (χ4n) is 15.7. The van der Waals surface area contributed by atoms with Crippen molar-refractivity contribution in [2.24, 2.45) is 47.3 Å². The highest BCUT2D eigenvalue weighted by Gasteiger charge is 2.60. The highest BCUT2D eigenvalue weighted by atomic mass is 15.2. The van der Waals surface area contributed by atoms with E-state index in [1.807, 2.05) is 0 Å². The first-order valence-electron chi connectivity index (χ1n) is 24.6. The maximum absolute atomic E-state index is 4.33. The van der Waals surface area contributed by atoms with Gasteiger partial charge < -0.3 is 10.2 Å². The lowest BCUT2D eigenvalue weighted by Gasteiger charge is -2.52. The molecule has 1 N–H and O–H groups in total. The summed E-state index contributed by atoms with van der Waals surface area (Å²) in [6.07, 6.45) is 49.9. The monoisotopic (exact) mass is 791 g/mol. The highest BCUT2D eigenvalue weighted by Crippen LogP contribution is 2.67. The van der Waals surface area contributed by atoms with E-state index in [9.17, 15) is 0 Å². The van der Waals surface area contributed by atoms with Gasteiger partial charge in [0.15, 0.2) is 0 Å². The molecule has 2 heteroatoms. The predicted octanol–water partition coefficient (Wildman–Crippen LogP) is 14.0. The second-order valence-electron chi connectivity index (χ2n) is 20.7. The van der Waals surface area contributed by atoms with Crippen LogP contribution in [0.15, 0.2) is 151 Å². The molecule has 9 aliphatic rings. The molecule has 2 saturated carbocycles. The van der Waals surface area contributed by atoms with E-state index in [0.29, 0.717) is 53.5 Å². The van der Waals surface area contributed by atoms with E-state index in [1.54, 1.807) is 22.5 Å². The molecule has 0 spiro atoms. The Morgan fingerprint density at radius 3 is 2.40 bits per heavy atom. The van der Waals surface area contributed by atoms with Gasteiger partial charge in [0.05, 0.1) is 12.1 Å². The second kappa shape index (κ2) is 15.6. The van der Waals surface area contributed by atoms with Crippen LogP contribution in [0.25, 0.3) is 10.8 Å². The number of likely N-dealkylation sites (tertiary alicyclic amines) is 1. The average molecular weight is 791 g/mol.